The van der Waals surface area contributed by atoms with Gasteiger partial charge in [0.15, 0.2) is 5.76 Å². The SMILES string of the molecule is COc1cc(C)c(C)cc1S(=O)(=O)N1CCC(NC(=O)c2ccco2)CC1. The molecule has 3 rings (SSSR count). The van der Waals surface area contributed by atoms with Crippen molar-refractivity contribution in [3.05, 3.63) is 47.4 Å². The van der Waals surface area contributed by atoms with E-state index in [0.717, 1.165) is 11.1 Å². The minimum Gasteiger partial charge on any atom is -0.495 e. The van der Waals surface area contributed by atoms with Crippen LogP contribution in [0.1, 0.15) is 34.5 Å². The molecule has 1 fully saturated rings. The number of benzene rings is 1. The van der Waals surface area contributed by atoms with Crippen molar-refractivity contribution in [2.24, 2.45) is 0 Å². The van der Waals surface area contributed by atoms with Crippen molar-refractivity contribution in [2.75, 3.05) is 20.2 Å². The second-order valence-electron chi connectivity index (χ2n) is 6.72. The van der Waals surface area contributed by atoms with Gasteiger partial charge in [0, 0.05) is 19.1 Å². The number of nitrogens with zero attached hydrogens (tertiary/aromatic N) is 1. The van der Waals surface area contributed by atoms with Crippen LogP contribution in [0, 0.1) is 13.8 Å². The number of hydrogen-bond donors (Lipinski definition) is 1. The Morgan fingerprint density at radius 1 is 1.22 bits per heavy atom. The van der Waals surface area contributed by atoms with Gasteiger partial charge in [0.05, 0.1) is 13.4 Å². The maximum atomic E-state index is 13.1. The largest absolute Gasteiger partial charge is 0.495 e. The number of sulfonamides is 1. The van der Waals surface area contributed by atoms with Crippen LogP contribution >= 0.6 is 0 Å². The Morgan fingerprint density at radius 2 is 1.89 bits per heavy atom. The monoisotopic (exact) mass is 392 g/mol. The zero-order valence-corrected chi connectivity index (χ0v) is 16.5. The number of amides is 1. The summed E-state index contributed by atoms with van der Waals surface area (Å²) in [6.07, 6.45) is 2.53. The third-order valence-corrected chi connectivity index (χ3v) is 6.85. The molecule has 0 atom stereocenters. The van der Waals surface area contributed by atoms with Crippen LogP contribution in [0.4, 0.5) is 0 Å². The van der Waals surface area contributed by atoms with Gasteiger partial charge < -0.3 is 14.5 Å². The van der Waals surface area contributed by atoms with Crippen molar-refractivity contribution in [2.45, 2.75) is 37.6 Å². The molecular formula is C19H24N2O5S. The van der Waals surface area contributed by atoms with E-state index >= 15 is 0 Å². The van der Waals surface area contributed by atoms with Crippen molar-refractivity contribution in [3.63, 3.8) is 0 Å². The van der Waals surface area contributed by atoms with Gasteiger partial charge in [-0.05, 0) is 62.1 Å². The molecule has 8 heteroatoms. The van der Waals surface area contributed by atoms with Crippen LogP contribution in [0.5, 0.6) is 5.75 Å². The van der Waals surface area contributed by atoms with Crippen LogP contribution in [0.3, 0.4) is 0 Å². The van der Waals surface area contributed by atoms with Crippen molar-refractivity contribution in [1.82, 2.24) is 9.62 Å². The van der Waals surface area contributed by atoms with E-state index in [2.05, 4.69) is 5.32 Å². The molecule has 2 aromatic rings. The summed E-state index contributed by atoms with van der Waals surface area (Å²) >= 11 is 0. The van der Waals surface area contributed by atoms with Crippen LogP contribution in [0.2, 0.25) is 0 Å². The highest BCUT2D eigenvalue weighted by Gasteiger charge is 2.32. The molecule has 27 heavy (non-hydrogen) atoms. The van der Waals surface area contributed by atoms with Gasteiger partial charge in [-0.15, -0.1) is 0 Å². The second kappa shape index (κ2) is 7.74. The molecule has 2 heterocycles. The summed E-state index contributed by atoms with van der Waals surface area (Å²) in [5, 5.41) is 2.89. The molecule has 0 radical (unpaired) electrons. The average Bonchev–Trinajstić information content (AvgIpc) is 3.19. The number of carbonyl (C=O) groups excluding carboxylic acids is 1. The first-order chi connectivity index (χ1) is 12.8. The number of furan rings is 1. The lowest BCUT2D eigenvalue weighted by atomic mass is 10.1. The van der Waals surface area contributed by atoms with E-state index < -0.39 is 10.0 Å². The molecule has 0 bridgehead atoms. The number of methoxy groups -OCH3 is 1. The summed E-state index contributed by atoms with van der Waals surface area (Å²) in [5.74, 6) is 0.327. The van der Waals surface area contributed by atoms with Crippen LogP contribution in [0.15, 0.2) is 39.8 Å². The molecular weight excluding hydrogens is 368 g/mol. The lowest BCUT2D eigenvalue weighted by Gasteiger charge is -2.31. The van der Waals surface area contributed by atoms with E-state index in [1.165, 1.54) is 17.7 Å². The molecule has 7 nitrogen and oxygen atoms in total. The van der Waals surface area contributed by atoms with E-state index in [9.17, 15) is 13.2 Å². The quantitative estimate of drug-likeness (QED) is 0.844. The number of aryl methyl sites for hydroxylation is 2. The molecule has 1 N–H and O–H groups in total. The molecule has 0 spiro atoms. The highest BCUT2D eigenvalue weighted by atomic mass is 32.2. The molecule has 1 aliphatic rings. The summed E-state index contributed by atoms with van der Waals surface area (Å²) in [6, 6.07) is 6.57. The molecule has 1 saturated heterocycles. The Morgan fingerprint density at radius 3 is 2.48 bits per heavy atom. The fourth-order valence-electron chi connectivity index (χ4n) is 3.17. The minimum absolute atomic E-state index is 0.0873. The maximum absolute atomic E-state index is 13.1. The smallest absolute Gasteiger partial charge is 0.287 e. The number of piperidine rings is 1. The fraction of sp³-hybridized carbons (Fsp3) is 0.421. The van der Waals surface area contributed by atoms with Gasteiger partial charge in [0.25, 0.3) is 5.91 Å². The standard InChI is InChI=1S/C19H24N2O5S/c1-13-11-17(25-3)18(12-14(13)2)27(23,24)21-8-6-15(7-9-21)20-19(22)16-5-4-10-26-16/h4-5,10-12,15H,6-9H2,1-3H3,(H,20,22). The van der Waals surface area contributed by atoms with Crippen LogP contribution < -0.4 is 10.1 Å². The molecule has 1 aromatic carbocycles. The Kier molecular flexibility index (Phi) is 5.57. The lowest BCUT2D eigenvalue weighted by molar-refractivity contribution is 0.0895. The number of carbonyl (C=O) groups is 1. The second-order valence-corrected chi connectivity index (χ2v) is 8.62. The highest BCUT2D eigenvalue weighted by Crippen LogP contribution is 2.31. The molecule has 146 valence electrons. The zero-order chi connectivity index (χ0) is 19.6. The van der Waals surface area contributed by atoms with E-state index in [1.54, 1.807) is 24.3 Å². The topological polar surface area (TPSA) is 88.9 Å². The summed E-state index contributed by atoms with van der Waals surface area (Å²) in [7, 11) is -2.19. The summed E-state index contributed by atoms with van der Waals surface area (Å²) in [5.41, 5.74) is 1.88. The van der Waals surface area contributed by atoms with E-state index in [1.807, 2.05) is 13.8 Å². The van der Waals surface area contributed by atoms with Crippen molar-refractivity contribution < 1.29 is 22.4 Å². The van der Waals surface area contributed by atoms with E-state index in [4.69, 9.17) is 9.15 Å². The normalized spacial score (nSPS) is 16.3. The number of nitrogens with one attached hydrogen (secondary N) is 1. The van der Waals surface area contributed by atoms with Gasteiger partial charge in [0.1, 0.15) is 10.6 Å². The Hall–Kier alpha value is -2.32. The van der Waals surface area contributed by atoms with Crippen molar-refractivity contribution in [3.8, 4) is 5.75 Å². The lowest BCUT2D eigenvalue weighted by Crippen LogP contribution is -2.46. The number of rotatable bonds is 5. The van der Waals surface area contributed by atoms with Crippen molar-refractivity contribution in [1.29, 1.82) is 0 Å². The van der Waals surface area contributed by atoms with Gasteiger partial charge in [0.2, 0.25) is 10.0 Å². The van der Waals surface area contributed by atoms with Gasteiger partial charge in [-0.1, -0.05) is 0 Å². The first-order valence-electron chi connectivity index (χ1n) is 8.82. The third-order valence-electron chi connectivity index (χ3n) is 4.93. The van der Waals surface area contributed by atoms with E-state index in [-0.39, 0.29) is 22.6 Å². The molecule has 1 amide bonds. The van der Waals surface area contributed by atoms with Gasteiger partial charge in [-0.2, -0.15) is 4.31 Å². The molecule has 0 unspecified atom stereocenters. The van der Waals surface area contributed by atoms with E-state index in [0.29, 0.717) is 31.7 Å². The zero-order valence-electron chi connectivity index (χ0n) is 15.7. The summed E-state index contributed by atoms with van der Waals surface area (Å²) in [6.45, 7) is 4.47. The Balaban J connectivity index is 1.70. The van der Waals surface area contributed by atoms with Gasteiger partial charge in [-0.3, -0.25) is 4.79 Å². The first kappa shape index (κ1) is 19.4. The average molecular weight is 392 g/mol. The predicted molar refractivity (Wildman–Crippen MR) is 100 cm³/mol. The number of ether oxygens (including phenoxy) is 1. The highest BCUT2D eigenvalue weighted by molar-refractivity contribution is 7.89. The summed E-state index contributed by atoms with van der Waals surface area (Å²) < 4.78 is 38.0. The maximum Gasteiger partial charge on any atom is 0.287 e. The van der Waals surface area contributed by atoms with Gasteiger partial charge in [-0.25, -0.2) is 8.42 Å². The Labute approximate surface area is 159 Å². The third kappa shape index (κ3) is 4.01. The molecule has 1 aliphatic heterocycles. The molecule has 0 aliphatic carbocycles. The first-order valence-corrected chi connectivity index (χ1v) is 10.3. The summed E-state index contributed by atoms with van der Waals surface area (Å²) in [4.78, 5) is 12.3. The Bertz CT molecular complexity index is 914. The molecule has 1 aromatic heterocycles. The van der Waals surface area contributed by atoms with Crippen LogP contribution in [0.25, 0.3) is 0 Å². The van der Waals surface area contributed by atoms with Crippen LogP contribution in [-0.2, 0) is 10.0 Å². The predicted octanol–water partition coefficient (Wildman–Crippen LogP) is 2.49. The van der Waals surface area contributed by atoms with Crippen LogP contribution in [-0.4, -0.2) is 44.9 Å². The minimum atomic E-state index is -3.66. The van der Waals surface area contributed by atoms with Crippen molar-refractivity contribution >= 4 is 15.9 Å². The number of hydrogen-bond acceptors (Lipinski definition) is 5. The molecule has 0 saturated carbocycles. The van der Waals surface area contributed by atoms with Gasteiger partial charge >= 0.3 is 0 Å². The fourth-order valence-corrected chi connectivity index (χ4v) is 4.86.